The number of fused-ring (bicyclic) bond motifs is 3. The minimum absolute atomic E-state index is 0.0796. The minimum Gasteiger partial charge on any atom is -0.258 e. The summed E-state index contributed by atoms with van der Waals surface area (Å²) in [6.45, 7) is 0. The van der Waals surface area contributed by atoms with E-state index in [4.69, 9.17) is 15.8 Å². The van der Waals surface area contributed by atoms with E-state index >= 15 is 0 Å². The fraction of sp³-hybridized carbons (Fsp3) is 0.571. The van der Waals surface area contributed by atoms with Gasteiger partial charge in [0.2, 0.25) is 0 Å². The molecule has 1 aromatic rings. The summed E-state index contributed by atoms with van der Waals surface area (Å²) >= 11 is 6.35. The zero-order chi connectivity index (χ0) is 16.0. The molecule has 0 amide bonds. The van der Waals surface area contributed by atoms with Gasteiger partial charge in [0.1, 0.15) is 5.60 Å². The van der Waals surface area contributed by atoms with Gasteiger partial charge in [-0.3, -0.25) is 14.3 Å². The maximum Gasteiger partial charge on any atom is 0.297 e. The van der Waals surface area contributed by atoms with Crippen molar-refractivity contribution in [3.63, 3.8) is 0 Å². The Morgan fingerprint density at radius 1 is 1.23 bits per heavy atom. The minimum atomic E-state index is -3.99. The Morgan fingerprint density at radius 3 is 2.32 bits per heavy atom. The van der Waals surface area contributed by atoms with Crippen LogP contribution in [0.4, 0.5) is 5.69 Å². The first-order chi connectivity index (χ1) is 10.3. The normalized spacial score (nSPS) is 31.1. The number of hydrogen-bond donors (Lipinski definition) is 0. The molecular formula is C14H16ClNO5S. The van der Waals surface area contributed by atoms with Crippen LogP contribution >= 0.6 is 11.6 Å². The fourth-order valence-corrected chi connectivity index (χ4v) is 5.21. The largest absolute Gasteiger partial charge is 0.297 e. The van der Waals surface area contributed by atoms with Crippen LogP contribution in [0.2, 0.25) is 0 Å². The van der Waals surface area contributed by atoms with Gasteiger partial charge in [0, 0.05) is 12.1 Å². The second kappa shape index (κ2) is 5.47. The number of non-ortho nitro benzene ring substituents is 1. The van der Waals surface area contributed by atoms with Gasteiger partial charge in [-0.1, -0.05) is 0 Å². The van der Waals surface area contributed by atoms with Crippen molar-refractivity contribution in [1.82, 2.24) is 0 Å². The van der Waals surface area contributed by atoms with E-state index in [1.807, 2.05) is 0 Å². The number of alkyl halides is 1. The number of halogens is 1. The highest BCUT2D eigenvalue weighted by Crippen LogP contribution is 2.50. The third-order valence-electron chi connectivity index (χ3n) is 4.67. The number of hydrogen-bond acceptors (Lipinski definition) is 5. The van der Waals surface area contributed by atoms with E-state index in [1.54, 1.807) is 0 Å². The molecule has 1 aromatic carbocycles. The molecular weight excluding hydrogens is 330 g/mol. The summed E-state index contributed by atoms with van der Waals surface area (Å²) in [5, 5.41) is 10.3. The molecule has 3 fully saturated rings. The molecule has 3 saturated carbocycles. The molecule has 0 aliphatic heterocycles. The van der Waals surface area contributed by atoms with Gasteiger partial charge in [0.15, 0.2) is 0 Å². The van der Waals surface area contributed by atoms with E-state index in [1.165, 1.54) is 12.1 Å². The molecule has 0 radical (unpaired) electrons. The maximum atomic E-state index is 12.5. The van der Waals surface area contributed by atoms with Crippen LogP contribution in [0.5, 0.6) is 0 Å². The van der Waals surface area contributed by atoms with E-state index in [-0.39, 0.29) is 16.0 Å². The first-order valence-electron chi connectivity index (χ1n) is 7.17. The number of nitro benzene ring substituents is 1. The monoisotopic (exact) mass is 345 g/mol. The second-order valence-corrected chi connectivity index (χ2v) is 8.07. The van der Waals surface area contributed by atoms with E-state index in [2.05, 4.69) is 0 Å². The molecule has 22 heavy (non-hydrogen) atoms. The first-order valence-corrected chi connectivity index (χ1v) is 9.01. The smallest absolute Gasteiger partial charge is 0.258 e. The predicted octanol–water partition coefficient (Wildman–Crippen LogP) is 3.24. The molecule has 120 valence electrons. The van der Waals surface area contributed by atoms with Crippen LogP contribution in [-0.2, 0) is 14.3 Å². The van der Waals surface area contributed by atoms with Crippen molar-refractivity contribution in [1.29, 1.82) is 0 Å². The standard InChI is InChI=1S/C14H16ClNO5S/c15-13-9-10-5-7-14(13,8-6-10)21-22(19,20)12-3-1-11(2-4-12)16(17)18/h1-4,10,13H,5-9H2. The highest BCUT2D eigenvalue weighted by Gasteiger charge is 2.50. The lowest BCUT2D eigenvalue weighted by molar-refractivity contribution is -0.384. The fourth-order valence-electron chi connectivity index (χ4n) is 3.36. The summed E-state index contributed by atoms with van der Waals surface area (Å²) in [4.78, 5) is 9.98. The van der Waals surface area contributed by atoms with Gasteiger partial charge in [-0.25, -0.2) is 0 Å². The molecule has 3 aliphatic rings. The van der Waals surface area contributed by atoms with Gasteiger partial charge in [-0.05, 0) is 50.2 Å². The van der Waals surface area contributed by atoms with Crippen molar-refractivity contribution in [3.05, 3.63) is 34.4 Å². The zero-order valence-corrected chi connectivity index (χ0v) is 13.3. The number of nitro groups is 1. The van der Waals surface area contributed by atoms with Crippen LogP contribution in [0.1, 0.15) is 32.1 Å². The molecule has 0 N–H and O–H groups in total. The third-order valence-corrected chi connectivity index (χ3v) is 6.65. The molecule has 3 aliphatic carbocycles. The molecule has 6 nitrogen and oxygen atoms in total. The molecule has 0 saturated heterocycles. The zero-order valence-electron chi connectivity index (χ0n) is 11.8. The van der Waals surface area contributed by atoms with E-state index in [0.29, 0.717) is 18.8 Å². The van der Waals surface area contributed by atoms with Gasteiger partial charge in [-0.2, -0.15) is 8.42 Å². The third kappa shape index (κ3) is 2.73. The Bertz CT molecular complexity index is 680. The summed E-state index contributed by atoms with van der Waals surface area (Å²) in [5.41, 5.74) is -0.998. The van der Waals surface area contributed by atoms with Gasteiger partial charge in [0.25, 0.3) is 15.8 Å². The van der Waals surface area contributed by atoms with E-state index < -0.39 is 20.6 Å². The molecule has 8 heteroatoms. The summed E-state index contributed by atoms with van der Waals surface area (Å²) < 4.78 is 30.4. The van der Waals surface area contributed by atoms with Crippen molar-refractivity contribution in [2.24, 2.45) is 5.92 Å². The van der Waals surface area contributed by atoms with Crippen LogP contribution in [-0.4, -0.2) is 24.3 Å². The summed E-state index contributed by atoms with van der Waals surface area (Å²) in [5.74, 6) is 0.565. The highest BCUT2D eigenvalue weighted by atomic mass is 35.5. The number of rotatable bonds is 4. The van der Waals surface area contributed by atoms with Gasteiger partial charge < -0.3 is 0 Å². The van der Waals surface area contributed by atoms with Gasteiger partial charge >= 0.3 is 0 Å². The summed E-state index contributed by atoms with van der Waals surface area (Å²) in [7, 11) is -3.99. The molecule has 0 heterocycles. The topological polar surface area (TPSA) is 86.5 Å². The Labute approximate surface area is 133 Å². The van der Waals surface area contributed by atoms with Gasteiger partial charge in [0.05, 0.1) is 15.2 Å². The molecule has 4 rings (SSSR count). The van der Waals surface area contributed by atoms with Crippen LogP contribution in [0, 0.1) is 16.0 Å². The average Bonchev–Trinajstić information content (AvgIpc) is 2.48. The van der Waals surface area contributed by atoms with Crippen LogP contribution < -0.4 is 0 Å². The molecule has 1 atom stereocenters. The van der Waals surface area contributed by atoms with Crippen molar-refractivity contribution in [2.75, 3.05) is 0 Å². The van der Waals surface area contributed by atoms with Crippen molar-refractivity contribution >= 4 is 27.4 Å². The SMILES string of the molecule is O=[N+]([O-])c1ccc(S(=O)(=O)OC23CCC(CC2)CC3Cl)cc1. The Kier molecular flexibility index (Phi) is 3.91. The van der Waals surface area contributed by atoms with E-state index in [0.717, 1.165) is 31.4 Å². The quantitative estimate of drug-likeness (QED) is 0.362. The molecule has 0 aromatic heterocycles. The molecule has 2 bridgehead atoms. The van der Waals surface area contributed by atoms with Crippen molar-refractivity contribution < 1.29 is 17.5 Å². The lowest BCUT2D eigenvalue weighted by atomic mass is 9.67. The number of nitrogens with zero attached hydrogens (tertiary/aromatic N) is 1. The summed E-state index contributed by atoms with van der Waals surface area (Å²) in [6, 6.07) is 4.71. The van der Waals surface area contributed by atoms with Crippen molar-refractivity contribution in [2.45, 2.75) is 48.0 Å². The predicted molar refractivity (Wildman–Crippen MR) is 80.3 cm³/mol. The summed E-state index contributed by atoms with van der Waals surface area (Å²) in [6.07, 6.45) is 3.91. The highest BCUT2D eigenvalue weighted by molar-refractivity contribution is 7.86. The Hall–Kier alpha value is -1.18. The van der Waals surface area contributed by atoms with Crippen LogP contribution in [0.3, 0.4) is 0 Å². The Balaban J connectivity index is 1.85. The van der Waals surface area contributed by atoms with Crippen LogP contribution in [0.15, 0.2) is 29.2 Å². The molecule has 1 unspecified atom stereocenters. The van der Waals surface area contributed by atoms with Crippen molar-refractivity contribution in [3.8, 4) is 0 Å². The first kappa shape index (κ1) is 15.7. The molecule has 0 spiro atoms. The lowest BCUT2D eigenvalue weighted by Crippen LogP contribution is -2.51. The van der Waals surface area contributed by atoms with Crippen LogP contribution in [0.25, 0.3) is 0 Å². The second-order valence-electron chi connectivity index (χ2n) is 6.00. The van der Waals surface area contributed by atoms with E-state index in [9.17, 15) is 18.5 Å². The average molecular weight is 346 g/mol. The lowest BCUT2D eigenvalue weighted by Gasteiger charge is -2.48. The number of benzene rings is 1. The maximum absolute atomic E-state index is 12.5. The Morgan fingerprint density at radius 2 is 1.82 bits per heavy atom. The van der Waals surface area contributed by atoms with Gasteiger partial charge in [-0.15, -0.1) is 11.6 Å².